The minimum Gasteiger partial charge on any atom is -0.382 e. The SMILES string of the molecule is COCCONC(=O)c1sc(N)nc1C. The highest BCUT2D eigenvalue weighted by molar-refractivity contribution is 7.17. The number of amides is 1. The smallest absolute Gasteiger partial charge is 0.286 e. The first-order chi connectivity index (χ1) is 7.15. The number of nitrogens with one attached hydrogen (secondary N) is 1. The zero-order chi connectivity index (χ0) is 11.3. The van der Waals surface area contributed by atoms with Crippen molar-refractivity contribution < 1.29 is 14.4 Å². The van der Waals surface area contributed by atoms with Crippen LogP contribution < -0.4 is 11.2 Å². The highest BCUT2D eigenvalue weighted by Gasteiger charge is 2.13. The van der Waals surface area contributed by atoms with Gasteiger partial charge in [-0.25, -0.2) is 10.5 Å². The third kappa shape index (κ3) is 3.46. The van der Waals surface area contributed by atoms with Crippen LogP contribution in [0.1, 0.15) is 15.4 Å². The molecule has 0 unspecified atom stereocenters. The van der Waals surface area contributed by atoms with Crippen LogP contribution in [0.4, 0.5) is 5.13 Å². The Labute approximate surface area is 91.3 Å². The highest BCUT2D eigenvalue weighted by Crippen LogP contribution is 2.19. The monoisotopic (exact) mass is 231 g/mol. The standard InChI is InChI=1S/C8H13N3O3S/c1-5-6(15-8(9)10-5)7(12)11-14-4-3-13-2/h3-4H2,1-2H3,(H2,9,10)(H,11,12). The largest absolute Gasteiger partial charge is 0.382 e. The molecule has 1 aromatic heterocycles. The van der Waals surface area contributed by atoms with E-state index in [9.17, 15) is 4.79 Å². The summed E-state index contributed by atoms with van der Waals surface area (Å²) in [5, 5.41) is 0.370. The van der Waals surface area contributed by atoms with Crippen LogP contribution in [0, 0.1) is 6.92 Å². The number of nitrogens with zero attached hydrogens (tertiary/aromatic N) is 1. The third-order valence-corrected chi connectivity index (χ3v) is 2.56. The Morgan fingerprint density at radius 3 is 2.87 bits per heavy atom. The van der Waals surface area contributed by atoms with E-state index in [0.717, 1.165) is 11.3 Å². The molecule has 0 spiro atoms. The highest BCUT2D eigenvalue weighted by atomic mass is 32.1. The van der Waals surface area contributed by atoms with E-state index in [1.165, 1.54) is 0 Å². The van der Waals surface area contributed by atoms with Crippen LogP contribution >= 0.6 is 11.3 Å². The molecule has 84 valence electrons. The second kappa shape index (κ2) is 5.64. The fourth-order valence-corrected chi connectivity index (χ4v) is 1.64. The minimum atomic E-state index is -0.335. The number of aryl methyl sites for hydroxylation is 1. The van der Waals surface area contributed by atoms with Crippen LogP contribution in [-0.4, -0.2) is 31.2 Å². The zero-order valence-electron chi connectivity index (χ0n) is 8.57. The van der Waals surface area contributed by atoms with Crippen LogP contribution in [0.25, 0.3) is 0 Å². The van der Waals surface area contributed by atoms with E-state index >= 15 is 0 Å². The summed E-state index contributed by atoms with van der Waals surface area (Å²) in [6.45, 7) is 2.44. The molecular weight excluding hydrogens is 218 g/mol. The van der Waals surface area contributed by atoms with Gasteiger partial charge >= 0.3 is 0 Å². The number of anilines is 1. The fourth-order valence-electron chi connectivity index (χ4n) is 0.916. The number of aromatic nitrogens is 1. The number of nitrogen functional groups attached to an aromatic ring is 1. The van der Waals surface area contributed by atoms with Crippen molar-refractivity contribution in [1.82, 2.24) is 10.5 Å². The Morgan fingerprint density at radius 2 is 2.33 bits per heavy atom. The van der Waals surface area contributed by atoms with Crippen LogP contribution in [0.15, 0.2) is 0 Å². The summed E-state index contributed by atoms with van der Waals surface area (Å²) in [6, 6.07) is 0. The van der Waals surface area contributed by atoms with Gasteiger partial charge in [-0.15, -0.1) is 0 Å². The van der Waals surface area contributed by atoms with E-state index < -0.39 is 0 Å². The maximum atomic E-state index is 11.5. The predicted octanol–water partition coefficient (Wildman–Crippen LogP) is 0.342. The number of carbonyl (C=O) groups is 1. The fraction of sp³-hybridized carbons (Fsp3) is 0.500. The molecule has 3 N–H and O–H groups in total. The molecule has 0 aliphatic carbocycles. The van der Waals surface area contributed by atoms with Crippen molar-refractivity contribution in [3.05, 3.63) is 10.6 Å². The van der Waals surface area contributed by atoms with Gasteiger partial charge in [0.05, 0.1) is 18.9 Å². The summed E-state index contributed by atoms with van der Waals surface area (Å²) in [7, 11) is 1.55. The molecule has 6 nitrogen and oxygen atoms in total. The summed E-state index contributed by atoms with van der Waals surface area (Å²) < 4.78 is 4.75. The first kappa shape index (κ1) is 11.9. The second-order valence-corrected chi connectivity index (χ2v) is 3.77. The van der Waals surface area contributed by atoms with Gasteiger partial charge in [0.1, 0.15) is 4.88 Å². The lowest BCUT2D eigenvalue weighted by molar-refractivity contribution is 0.00910. The van der Waals surface area contributed by atoms with Gasteiger partial charge in [-0.3, -0.25) is 9.63 Å². The molecule has 0 bridgehead atoms. The van der Waals surface area contributed by atoms with Crippen LogP contribution in [0.2, 0.25) is 0 Å². The summed E-state index contributed by atoms with van der Waals surface area (Å²) in [5.41, 5.74) is 8.35. The molecule has 0 atom stereocenters. The quantitative estimate of drug-likeness (QED) is 0.563. The molecule has 15 heavy (non-hydrogen) atoms. The van der Waals surface area contributed by atoms with Gasteiger partial charge in [-0.1, -0.05) is 11.3 Å². The number of hydroxylamine groups is 1. The Balaban J connectivity index is 2.43. The lowest BCUT2D eigenvalue weighted by Gasteiger charge is -2.03. The van der Waals surface area contributed by atoms with Gasteiger partial charge in [-0.05, 0) is 6.92 Å². The number of thiazole rings is 1. The zero-order valence-corrected chi connectivity index (χ0v) is 9.39. The van der Waals surface area contributed by atoms with E-state index in [4.69, 9.17) is 15.3 Å². The number of hydrogen-bond donors (Lipinski definition) is 2. The Morgan fingerprint density at radius 1 is 1.60 bits per heavy atom. The lowest BCUT2D eigenvalue weighted by atomic mass is 10.4. The van der Waals surface area contributed by atoms with Crippen molar-refractivity contribution in [1.29, 1.82) is 0 Å². The third-order valence-electron chi connectivity index (χ3n) is 1.57. The second-order valence-electron chi connectivity index (χ2n) is 2.74. The van der Waals surface area contributed by atoms with Crippen LogP contribution in [-0.2, 0) is 9.57 Å². The average Bonchev–Trinajstić information content (AvgIpc) is 2.52. The van der Waals surface area contributed by atoms with E-state index in [0.29, 0.717) is 28.9 Å². The van der Waals surface area contributed by atoms with Crippen LogP contribution in [0.3, 0.4) is 0 Å². The van der Waals surface area contributed by atoms with Gasteiger partial charge in [-0.2, -0.15) is 0 Å². The van der Waals surface area contributed by atoms with E-state index in [1.807, 2.05) is 0 Å². The molecule has 1 rings (SSSR count). The average molecular weight is 231 g/mol. The maximum absolute atomic E-state index is 11.5. The summed E-state index contributed by atoms with van der Waals surface area (Å²) >= 11 is 1.13. The molecule has 0 aliphatic heterocycles. The molecule has 0 aromatic carbocycles. The molecule has 0 fully saturated rings. The van der Waals surface area contributed by atoms with Crippen molar-refractivity contribution in [3.63, 3.8) is 0 Å². The number of nitrogens with two attached hydrogens (primary N) is 1. The Kier molecular flexibility index (Phi) is 4.47. The van der Waals surface area contributed by atoms with Gasteiger partial charge in [0, 0.05) is 7.11 Å². The molecule has 0 saturated carbocycles. The van der Waals surface area contributed by atoms with E-state index in [-0.39, 0.29) is 5.91 Å². The van der Waals surface area contributed by atoms with Gasteiger partial charge < -0.3 is 10.5 Å². The van der Waals surface area contributed by atoms with Crippen LogP contribution in [0.5, 0.6) is 0 Å². The molecule has 7 heteroatoms. The van der Waals surface area contributed by atoms with Crippen molar-refractivity contribution in [3.8, 4) is 0 Å². The van der Waals surface area contributed by atoms with E-state index in [1.54, 1.807) is 14.0 Å². The van der Waals surface area contributed by atoms with Crippen molar-refractivity contribution in [2.75, 3.05) is 26.1 Å². The number of hydrogen-bond acceptors (Lipinski definition) is 6. The number of ether oxygens (including phenoxy) is 1. The molecule has 0 saturated heterocycles. The topological polar surface area (TPSA) is 86.5 Å². The Hall–Kier alpha value is -1.18. The molecule has 1 aromatic rings. The summed E-state index contributed by atoms with van der Waals surface area (Å²) in [5.74, 6) is -0.335. The van der Waals surface area contributed by atoms with Crippen molar-refractivity contribution >= 4 is 22.4 Å². The summed E-state index contributed by atoms with van der Waals surface area (Å²) in [4.78, 5) is 20.7. The number of rotatable bonds is 5. The maximum Gasteiger partial charge on any atom is 0.286 e. The van der Waals surface area contributed by atoms with Gasteiger partial charge in [0.25, 0.3) is 5.91 Å². The van der Waals surface area contributed by atoms with Crippen molar-refractivity contribution in [2.24, 2.45) is 0 Å². The minimum absolute atomic E-state index is 0.301. The first-order valence-electron chi connectivity index (χ1n) is 4.29. The molecule has 0 aliphatic rings. The normalized spacial score (nSPS) is 10.3. The number of methoxy groups -OCH3 is 1. The predicted molar refractivity (Wildman–Crippen MR) is 56.6 cm³/mol. The van der Waals surface area contributed by atoms with Gasteiger partial charge in [0.2, 0.25) is 0 Å². The van der Waals surface area contributed by atoms with Crippen molar-refractivity contribution in [2.45, 2.75) is 6.92 Å². The first-order valence-corrected chi connectivity index (χ1v) is 5.10. The summed E-state index contributed by atoms with van der Waals surface area (Å²) in [6.07, 6.45) is 0. The number of carbonyl (C=O) groups excluding carboxylic acids is 1. The van der Waals surface area contributed by atoms with E-state index in [2.05, 4.69) is 10.5 Å². The van der Waals surface area contributed by atoms with Gasteiger partial charge in [0.15, 0.2) is 5.13 Å². The molecule has 0 radical (unpaired) electrons. The molecule has 1 amide bonds. The lowest BCUT2D eigenvalue weighted by Crippen LogP contribution is -2.25. The molecule has 1 heterocycles. The molecular formula is C8H13N3O3S. The Bertz CT molecular complexity index is 340.